The van der Waals surface area contributed by atoms with Crippen LogP contribution in [0.5, 0.6) is 0 Å². The van der Waals surface area contributed by atoms with Gasteiger partial charge in [0.1, 0.15) is 0 Å². The highest BCUT2D eigenvalue weighted by Gasteiger charge is 2.17. The quantitative estimate of drug-likeness (QED) is 0.770. The molecule has 14 heavy (non-hydrogen) atoms. The molecule has 0 aromatic carbocycles. The summed E-state index contributed by atoms with van der Waals surface area (Å²) in [5, 5.41) is 4.40. The first-order chi connectivity index (χ1) is 6.95. The first-order valence-electron chi connectivity index (χ1n) is 6.27. The van der Waals surface area contributed by atoms with Crippen molar-refractivity contribution in [3.05, 3.63) is 0 Å². The van der Waals surface area contributed by atoms with E-state index in [4.69, 9.17) is 0 Å². The number of piperidine rings is 1. The molecule has 1 aliphatic carbocycles. The molecule has 1 N–H and O–H groups in total. The van der Waals surface area contributed by atoms with E-state index in [1.165, 1.54) is 63.8 Å². The fourth-order valence-corrected chi connectivity index (χ4v) is 4.03. The molecule has 1 saturated carbocycles. The van der Waals surface area contributed by atoms with Gasteiger partial charge >= 0.3 is 0 Å². The summed E-state index contributed by atoms with van der Waals surface area (Å²) in [6.07, 6.45) is 10.3. The molecule has 2 aliphatic rings. The van der Waals surface area contributed by atoms with Gasteiger partial charge in [-0.05, 0) is 44.0 Å². The van der Waals surface area contributed by atoms with Gasteiger partial charge in [0.2, 0.25) is 0 Å². The lowest BCUT2D eigenvalue weighted by Gasteiger charge is -2.22. The van der Waals surface area contributed by atoms with Crippen LogP contribution in [0.25, 0.3) is 0 Å². The predicted octanol–water partition coefficient (Wildman–Crippen LogP) is 3.05. The zero-order chi connectivity index (χ0) is 9.64. The normalized spacial score (nSPS) is 25.7. The molecule has 82 valence electrons. The number of nitrogens with one attached hydrogen (secondary N) is 1. The van der Waals surface area contributed by atoms with Crippen LogP contribution in [0.1, 0.15) is 44.9 Å². The van der Waals surface area contributed by atoms with E-state index in [1.807, 2.05) is 0 Å². The molecule has 1 heterocycles. The molecule has 1 aliphatic heterocycles. The van der Waals surface area contributed by atoms with E-state index in [0.717, 1.165) is 11.2 Å². The van der Waals surface area contributed by atoms with Crippen LogP contribution < -0.4 is 5.32 Å². The molecule has 2 heteroatoms. The summed E-state index contributed by atoms with van der Waals surface area (Å²) in [7, 11) is 0. The molecule has 0 spiro atoms. The third-order valence-corrected chi connectivity index (χ3v) is 5.05. The Labute approximate surface area is 92.4 Å². The lowest BCUT2D eigenvalue weighted by atomic mass is 10.1. The fraction of sp³-hybridized carbons (Fsp3) is 1.00. The Morgan fingerprint density at radius 2 is 1.71 bits per heavy atom. The summed E-state index contributed by atoms with van der Waals surface area (Å²) in [4.78, 5) is 0. The zero-order valence-corrected chi connectivity index (χ0v) is 9.95. The molecule has 0 amide bonds. The molecule has 0 radical (unpaired) electrons. The molecule has 0 bridgehead atoms. The van der Waals surface area contributed by atoms with E-state index < -0.39 is 0 Å². The molecule has 1 saturated heterocycles. The van der Waals surface area contributed by atoms with Crippen molar-refractivity contribution in [2.24, 2.45) is 5.92 Å². The van der Waals surface area contributed by atoms with Crippen molar-refractivity contribution in [2.75, 3.05) is 18.8 Å². The zero-order valence-electron chi connectivity index (χ0n) is 9.13. The van der Waals surface area contributed by atoms with E-state index in [9.17, 15) is 0 Å². The Kier molecular flexibility index (Phi) is 4.65. The highest BCUT2D eigenvalue weighted by Crippen LogP contribution is 2.30. The number of thioether (sulfide) groups is 1. The summed E-state index contributed by atoms with van der Waals surface area (Å²) in [6.45, 7) is 2.50. The van der Waals surface area contributed by atoms with Gasteiger partial charge in [-0.3, -0.25) is 0 Å². The van der Waals surface area contributed by atoms with Crippen molar-refractivity contribution < 1.29 is 0 Å². The van der Waals surface area contributed by atoms with Crippen LogP contribution in [0, 0.1) is 5.92 Å². The lowest BCUT2D eigenvalue weighted by Crippen LogP contribution is -2.29. The Bertz CT molecular complexity index is 148. The minimum atomic E-state index is 0.970. The molecular weight excluding hydrogens is 190 g/mol. The molecular formula is C12H23NS. The second-order valence-corrected chi connectivity index (χ2v) is 6.17. The summed E-state index contributed by atoms with van der Waals surface area (Å²) in [5.74, 6) is 2.51. The maximum Gasteiger partial charge on any atom is 0.00711 e. The van der Waals surface area contributed by atoms with Gasteiger partial charge in [-0.15, -0.1) is 0 Å². The van der Waals surface area contributed by atoms with Crippen LogP contribution >= 0.6 is 11.8 Å². The van der Waals surface area contributed by atoms with Gasteiger partial charge in [-0.2, -0.15) is 11.8 Å². The summed E-state index contributed by atoms with van der Waals surface area (Å²) in [5.41, 5.74) is 0. The highest BCUT2D eigenvalue weighted by atomic mass is 32.2. The van der Waals surface area contributed by atoms with Crippen LogP contribution in [-0.4, -0.2) is 24.1 Å². The minimum Gasteiger partial charge on any atom is -0.317 e. The predicted molar refractivity (Wildman–Crippen MR) is 64.9 cm³/mol. The van der Waals surface area contributed by atoms with Crippen molar-refractivity contribution >= 4 is 11.8 Å². The van der Waals surface area contributed by atoms with Crippen molar-refractivity contribution in [1.82, 2.24) is 5.32 Å². The molecule has 1 nitrogen and oxygen atoms in total. The van der Waals surface area contributed by atoms with E-state index in [0.29, 0.717) is 0 Å². The van der Waals surface area contributed by atoms with Crippen molar-refractivity contribution in [3.8, 4) is 0 Å². The van der Waals surface area contributed by atoms with E-state index in [-0.39, 0.29) is 0 Å². The van der Waals surface area contributed by atoms with Gasteiger partial charge in [0, 0.05) is 5.25 Å². The van der Waals surface area contributed by atoms with Gasteiger partial charge < -0.3 is 5.32 Å². The number of hydrogen-bond acceptors (Lipinski definition) is 2. The average molecular weight is 213 g/mol. The molecule has 0 aromatic heterocycles. The number of hydrogen-bond donors (Lipinski definition) is 1. The van der Waals surface area contributed by atoms with E-state index in [2.05, 4.69) is 17.1 Å². The summed E-state index contributed by atoms with van der Waals surface area (Å²) in [6, 6.07) is 0. The van der Waals surface area contributed by atoms with Gasteiger partial charge in [0.05, 0.1) is 0 Å². The first-order valence-corrected chi connectivity index (χ1v) is 7.32. The fourth-order valence-electron chi connectivity index (χ4n) is 2.66. The summed E-state index contributed by atoms with van der Waals surface area (Å²) >= 11 is 2.24. The standard InChI is InChI=1S/C12H23NS/c1-2-4-11(3-1)7-10-14-12-5-8-13-9-6-12/h11-13H,1-10H2. The van der Waals surface area contributed by atoms with Crippen LogP contribution in [0.3, 0.4) is 0 Å². The average Bonchev–Trinajstić information content (AvgIpc) is 2.72. The molecule has 2 rings (SSSR count). The van der Waals surface area contributed by atoms with Crippen LogP contribution in [0.4, 0.5) is 0 Å². The van der Waals surface area contributed by atoms with Crippen LogP contribution in [-0.2, 0) is 0 Å². The van der Waals surface area contributed by atoms with Crippen LogP contribution in [0.2, 0.25) is 0 Å². The molecule has 0 atom stereocenters. The maximum absolute atomic E-state index is 3.43. The van der Waals surface area contributed by atoms with E-state index >= 15 is 0 Å². The van der Waals surface area contributed by atoms with Crippen molar-refractivity contribution in [3.63, 3.8) is 0 Å². The molecule has 0 unspecified atom stereocenters. The topological polar surface area (TPSA) is 12.0 Å². The van der Waals surface area contributed by atoms with Crippen LogP contribution in [0.15, 0.2) is 0 Å². The third-order valence-electron chi connectivity index (χ3n) is 3.64. The maximum atomic E-state index is 3.43. The molecule has 0 aromatic rings. The second kappa shape index (κ2) is 6.02. The second-order valence-electron chi connectivity index (χ2n) is 4.76. The van der Waals surface area contributed by atoms with Gasteiger partial charge in [0.25, 0.3) is 0 Å². The monoisotopic (exact) mass is 213 g/mol. The number of rotatable bonds is 4. The smallest absolute Gasteiger partial charge is 0.00711 e. The van der Waals surface area contributed by atoms with Gasteiger partial charge in [-0.25, -0.2) is 0 Å². The Hall–Kier alpha value is 0.310. The first kappa shape index (κ1) is 10.8. The van der Waals surface area contributed by atoms with Gasteiger partial charge in [0.15, 0.2) is 0 Å². The minimum absolute atomic E-state index is 0.970. The van der Waals surface area contributed by atoms with Crippen molar-refractivity contribution in [1.29, 1.82) is 0 Å². The SMILES string of the molecule is C1CCC(CCSC2CCNCC2)C1. The molecule has 2 fully saturated rings. The highest BCUT2D eigenvalue weighted by molar-refractivity contribution is 7.99. The van der Waals surface area contributed by atoms with E-state index in [1.54, 1.807) is 0 Å². The summed E-state index contributed by atoms with van der Waals surface area (Å²) < 4.78 is 0. The Morgan fingerprint density at radius 3 is 2.43 bits per heavy atom. The third kappa shape index (κ3) is 3.47. The van der Waals surface area contributed by atoms with Crippen molar-refractivity contribution in [2.45, 2.75) is 50.2 Å². The largest absolute Gasteiger partial charge is 0.317 e. The Morgan fingerprint density at radius 1 is 1.00 bits per heavy atom. The lowest BCUT2D eigenvalue weighted by molar-refractivity contribution is 0.522. The Balaban J connectivity index is 1.52. The van der Waals surface area contributed by atoms with Gasteiger partial charge in [-0.1, -0.05) is 25.7 Å².